The van der Waals surface area contributed by atoms with Gasteiger partial charge in [0, 0.05) is 32.6 Å². The molecule has 1 fully saturated rings. The lowest BCUT2D eigenvalue weighted by molar-refractivity contribution is 0.0577. The Bertz CT molecular complexity index is 652. The van der Waals surface area contributed by atoms with E-state index in [-0.39, 0.29) is 11.9 Å². The molecule has 6 nitrogen and oxygen atoms in total. The Kier molecular flexibility index (Phi) is 3.19. The molecule has 1 aromatic heterocycles. The van der Waals surface area contributed by atoms with Gasteiger partial charge in [-0.2, -0.15) is 5.10 Å². The summed E-state index contributed by atoms with van der Waals surface area (Å²) in [6.45, 7) is 1.12. The summed E-state index contributed by atoms with van der Waals surface area (Å²) < 4.78 is 1.71. The number of aliphatic hydroxyl groups excluding tert-OH is 1. The van der Waals surface area contributed by atoms with E-state index in [4.69, 9.17) is 0 Å². The first-order valence-corrected chi connectivity index (χ1v) is 6.67. The molecule has 0 radical (unpaired) electrons. The maximum absolute atomic E-state index is 12.6. The second kappa shape index (κ2) is 4.88. The number of likely N-dealkylation sites (N-methyl/N-ethyl adjacent to an activating group) is 1. The van der Waals surface area contributed by atoms with Gasteiger partial charge in [-0.25, -0.2) is 0 Å². The first-order valence-electron chi connectivity index (χ1n) is 6.67. The van der Waals surface area contributed by atoms with Crippen LogP contribution in [-0.4, -0.2) is 58.0 Å². The highest BCUT2D eigenvalue weighted by molar-refractivity contribution is 6.04. The van der Waals surface area contributed by atoms with Crippen molar-refractivity contribution in [2.75, 3.05) is 20.1 Å². The molecule has 2 N–H and O–H groups in total. The van der Waals surface area contributed by atoms with Gasteiger partial charge in [0.15, 0.2) is 5.69 Å². The molecule has 0 aliphatic carbocycles. The number of nitrogens with zero attached hydrogens (tertiary/aromatic N) is 3. The molecular formula is C14H18N4O2. The number of carbonyl (C=O) groups is 1. The largest absolute Gasteiger partial charge is 0.390 e. The van der Waals surface area contributed by atoms with Gasteiger partial charge in [0.1, 0.15) is 0 Å². The molecule has 0 unspecified atom stereocenters. The zero-order valence-corrected chi connectivity index (χ0v) is 11.6. The molecular weight excluding hydrogens is 256 g/mol. The van der Waals surface area contributed by atoms with Gasteiger partial charge in [0.2, 0.25) is 0 Å². The molecule has 6 heteroatoms. The van der Waals surface area contributed by atoms with Crippen molar-refractivity contribution in [1.29, 1.82) is 0 Å². The minimum Gasteiger partial charge on any atom is -0.390 e. The molecule has 1 aromatic carbocycles. The van der Waals surface area contributed by atoms with Crippen molar-refractivity contribution in [2.45, 2.75) is 12.1 Å². The maximum Gasteiger partial charge on any atom is 0.275 e. The molecule has 1 amide bonds. The van der Waals surface area contributed by atoms with E-state index < -0.39 is 6.10 Å². The van der Waals surface area contributed by atoms with Crippen LogP contribution in [0, 0.1) is 0 Å². The second-order valence-electron chi connectivity index (χ2n) is 5.20. The van der Waals surface area contributed by atoms with E-state index in [1.165, 1.54) is 0 Å². The van der Waals surface area contributed by atoms with Crippen molar-refractivity contribution in [1.82, 2.24) is 20.0 Å². The van der Waals surface area contributed by atoms with E-state index >= 15 is 0 Å². The van der Waals surface area contributed by atoms with E-state index in [9.17, 15) is 9.90 Å². The summed E-state index contributed by atoms with van der Waals surface area (Å²) in [4.78, 5) is 14.2. The number of amides is 1. The van der Waals surface area contributed by atoms with Crippen molar-refractivity contribution in [3.05, 3.63) is 30.0 Å². The number of para-hydroxylation sites is 1. The number of hydrogen-bond acceptors (Lipinski definition) is 4. The minimum absolute atomic E-state index is 0.158. The van der Waals surface area contributed by atoms with Crippen LogP contribution in [-0.2, 0) is 7.05 Å². The molecule has 0 bridgehead atoms. The average Bonchev–Trinajstić information content (AvgIpc) is 3.02. The van der Waals surface area contributed by atoms with E-state index in [2.05, 4.69) is 10.4 Å². The average molecular weight is 274 g/mol. The molecule has 1 saturated heterocycles. The Morgan fingerprint density at radius 1 is 1.45 bits per heavy atom. The second-order valence-corrected chi connectivity index (χ2v) is 5.20. The van der Waals surface area contributed by atoms with E-state index in [1.807, 2.05) is 31.3 Å². The van der Waals surface area contributed by atoms with Gasteiger partial charge in [-0.15, -0.1) is 0 Å². The molecule has 1 aliphatic rings. The Morgan fingerprint density at radius 3 is 2.90 bits per heavy atom. The Labute approximate surface area is 117 Å². The lowest BCUT2D eigenvalue weighted by Crippen LogP contribution is -2.44. The lowest BCUT2D eigenvalue weighted by atomic mass is 10.1. The third-order valence-electron chi connectivity index (χ3n) is 3.93. The van der Waals surface area contributed by atoms with Crippen LogP contribution < -0.4 is 5.32 Å². The minimum atomic E-state index is -0.529. The van der Waals surface area contributed by atoms with Gasteiger partial charge in [0.05, 0.1) is 17.7 Å². The Hall–Kier alpha value is -1.92. The van der Waals surface area contributed by atoms with Gasteiger partial charge in [-0.05, 0) is 6.07 Å². The zero-order valence-electron chi connectivity index (χ0n) is 11.6. The summed E-state index contributed by atoms with van der Waals surface area (Å²) in [7, 11) is 3.54. The van der Waals surface area contributed by atoms with E-state index in [1.54, 1.807) is 16.6 Å². The first kappa shape index (κ1) is 13.1. The summed E-state index contributed by atoms with van der Waals surface area (Å²) in [5.74, 6) is -0.158. The van der Waals surface area contributed by atoms with Crippen molar-refractivity contribution < 1.29 is 9.90 Å². The number of aryl methyl sites for hydroxylation is 1. The number of hydrogen-bond donors (Lipinski definition) is 2. The van der Waals surface area contributed by atoms with Crippen molar-refractivity contribution >= 4 is 16.8 Å². The van der Waals surface area contributed by atoms with Crippen LogP contribution in [0.1, 0.15) is 10.5 Å². The van der Waals surface area contributed by atoms with Crippen molar-refractivity contribution in [3.63, 3.8) is 0 Å². The van der Waals surface area contributed by atoms with Gasteiger partial charge in [-0.1, -0.05) is 18.2 Å². The van der Waals surface area contributed by atoms with Crippen LogP contribution in [0.5, 0.6) is 0 Å². The Morgan fingerprint density at radius 2 is 2.20 bits per heavy atom. The SMILES string of the molecule is CN(C(=O)c1nn(C)c2ccccc12)[C@@H]1CNC[C@H]1O. The number of rotatable bonds is 2. The predicted molar refractivity (Wildman–Crippen MR) is 75.5 cm³/mol. The summed E-state index contributed by atoms with van der Waals surface area (Å²) >= 11 is 0. The first-order chi connectivity index (χ1) is 9.59. The van der Waals surface area contributed by atoms with Crippen LogP contribution in [0.4, 0.5) is 0 Å². The predicted octanol–water partition coefficient (Wildman–Crippen LogP) is -0.0220. The monoisotopic (exact) mass is 274 g/mol. The molecule has 2 heterocycles. The van der Waals surface area contributed by atoms with Crippen LogP contribution in [0.3, 0.4) is 0 Å². The highest BCUT2D eigenvalue weighted by atomic mass is 16.3. The molecule has 2 atom stereocenters. The topological polar surface area (TPSA) is 70.4 Å². The van der Waals surface area contributed by atoms with Gasteiger partial charge in [-0.3, -0.25) is 9.48 Å². The fourth-order valence-corrected chi connectivity index (χ4v) is 2.74. The molecule has 3 rings (SSSR count). The standard InChI is InChI=1S/C14H18N4O2/c1-17(11-7-15-8-12(11)19)14(20)13-9-5-3-4-6-10(9)18(2)16-13/h3-6,11-12,15,19H,7-8H2,1-2H3/t11-,12-/m1/s1. The smallest absolute Gasteiger partial charge is 0.275 e. The third-order valence-corrected chi connectivity index (χ3v) is 3.93. The van der Waals surface area contributed by atoms with E-state index in [0.717, 1.165) is 10.9 Å². The molecule has 106 valence electrons. The number of fused-ring (bicyclic) bond motifs is 1. The Balaban J connectivity index is 1.96. The van der Waals surface area contributed by atoms with E-state index in [0.29, 0.717) is 18.8 Å². The lowest BCUT2D eigenvalue weighted by Gasteiger charge is -2.25. The number of carbonyl (C=O) groups excluding carboxylic acids is 1. The third kappa shape index (κ3) is 1.97. The van der Waals surface area contributed by atoms with Crippen LogP contribution in [0.2, 0.25) is 0 Å². The van der Waals surface area contributed by atoms with Crippen LogP contribution >= 0.6 is 0 Å². The quantitative estimate of drug-likeness (QED) is 0.807. The normalized spacial score (nSPS) is 22.4. The molecule has 0 spiro atoms. The van der Waals surface area contributed by atoms with Gasteiger partial charge >= 0.3 is 0 Å². The van der Waals surface area contributed by atoms with Crippen LogP contribution in [0.25, 0.3) is 10.9 Å². The van der Waals surface area contributed by atoms with Crippen molar-refractivity contribution in [2.24, 2.45) is 7.05 Å². The number of β-amino-alcohol motifs (C(OH)–C–C–N with tert-alkyl or cyclic N) is 1. The molecule has 20 heavy (non-hydrogen) atoms. The number of nitrogens with one attached hydrogen (secondary N) is 1. The molecule has 1 aliphatic heterocycles. The fraction of sp³-hybridized carbons (Fsp3) is 0.429. The molecule has 2 aromatic rings. The highest BCUT2D eigenvalue weighted by Crippen LogP contribution is 2.20. The number of benzene rings is 1. The molecule has 0 saturated carbocycles. The van der Waals surface area contributed by atoms with Gasteiger partial charge in [0.25, 0.3) is 5.91 Å². The van der Waals surface area contributed by atoms with Gasteiger partial charge < -0.3 is 15.3 Å². The summed E-state index contributed by atoms with van der Waals surface area (Å²) in [5, 5.41) is 18.1. The number of aliphatic hydroxyl groups is 1. The van der Waals surface area contributed by atoms with Crippen LogP contribution in [0.15, 0.2) is 24.3 Å². The zero-order chi connectivity index (χ0) is 14.3. The van der Waals surface area contributed by atoms with Crippen molar-refractivity contribution in [3.8, 4) is 0 Å². The summed E-state index contributed by atoms with van der Waals surface area (Å²) in [6, 6.07) is 7.44. The fourth-order valence-electron chi connectivity index (χ4n) is 2.74. The summed E-state index contributed by atoms with van der Waals surface area (Å²) in [5.41, 5.74) is 1.36. The summed E-state index contributed by atoms with van der Waals surface area (Å²) in [6.07, 6.45) is -0.529. The maximum atomic E-state index is 12.6. The number of aromatic nitrogens is 2. The highest BCUT2D eigenvalue weighted by Gasteiger charge is 2.33.